The molecule has 7 nitrogen and oxygen atoms in total. The third kappa shape index (κ3) is 4.90. The molecule has 2 aromatic carbocycles. The van der Waals surface area contributed by atoms with Gasteiger partial charge in [-0.25, -0.2) is 9.97 Å². The fourth-order valence-electron chi connectivity index (χ4n) is 3.24. The summed E-state index contributed by atoms with van der Waals surface area (Å²) in [7, 11) is 0. The first-order valence-corrected chi connectivity index (χ1v) is 11.6. The number of carbonyl (C=O) groups is 2. The lowest BCUT2D eigenvalue weighted by Crippen LogP contribution is -2.23. The molecule has 4 aromatic rings. The molecule has 0 saturated heterocycles. The molecule has 0 bridgehead atoms. The smallest absolute Gasteiger partial charge is 0.252 e. The second-order valence-electron chi connectivity index (χ2n) is 6.86. The van der Waals surface area contributed by atoms with Crippen LogP contribution in [0.1, 0.15) is 25.0 Å². The molecule has 0 aliphatic rings. The van der Waals surface area contributed by atoms with Crippen LogP contribution < -0.4 is 10.6 Å². The quantitative estimate of drug-likeness (QED) is 0.405. The number of para-hydroxylation sites is 2. The summed E-state index contributed by atoms with van der Waals surface area (Å²) in [6, 6.07) is 12.0. The number of nitrogens with zero attached hydrogens (tertiary/aromatic N) is 2. The van der Waals surface area contributed by atoms with Crippen LogP contribution in [0.15, 0.2) is 36.4 Å². The third-order valence-electron chi connectivity index (χ3n) is 4.73. The molecular formula is C22H22N4O3S2. The second-order valence-corrected chi connectivity index (χ2v) is 8.92. The van der Waals surface area contributed by atoms with E-state index in [1.807, 2.05) is 36.4 Å². The van der Waals surface area contributed by atoms with Gasteiger partial charge in [-0.15, -0.1) is 0 Å². The molecular weight excluding hydrogens is 432 g/mol. The fraction of sp³-hybridized carbons (Fsp3) is 0.273. The van der Waals surface area contributed by atoms with Crippen molar-refractivity contribution in [3.8, 4) is 0 Å². The van der Waals surface area contributed by atoms with Crippen molar-refractivity contribution in [1.82, 2.24) is 9.97 Å². The van der Waals surface area contributed by atoms with Crippen LogP contribution in [0.4, 0.5) is 10.3 Å². The Labute approximate surface area is 187 Å². The van der Waals surface area contributed by atoms with Crippen molar-refractivity contribution >= 4 is 65.2 Å². The highest BCUT2D eigenvalue weighted by Crippen LogP contribution is 2.29. The highest BCUT2D eigenvalue weighted by molar-refractivity contribution is 7.22. The fourth-order valence-corrected chi connectivity index (χ4v) is 5.10. The number of rotatable bonds is 8. The minimum atomic E-state index is -0.350. The van der Waals surface area contributed by atoms with Gasteiger partial charge >= 0.3 is 0 Å². The molecule has 0 aliphatic carbocycles. The van der Waals surface area contributed by atoms with Crippen LogP contribution >= 0.6 is 22.7 Å². The standard InChI is InChI=1S/C22H22N4O3S2/c1-3-13-7-5-9-15-19(13)25-21(30-15)23-17(27)11-29-12-18(28)24-22-26-20-14(4-2)8-6-10-16(20)31-22/h5-10H,3-4,11-12H2,1-2H3,(H,23,25,27)(H,24,26,28). The van der Waals surface area contributed by atoms with E-state index in [0.29, 0.717) is 10.3 Å². The van der Waals surface area contributed by atoms with Gasteiger partial charge in [-0.1, -0.05) is 60.8 Å². The van der Waals surface area contributed by atoms with Crippen LogP contribution in [-0.4, -0.2) is 35.0 Å². The monoisotopic (exact) mass is 454 g/mol. The predicted molar refractivity (Wildman–Crippen MR) is 126 cm³/mol. The van der Waals surface area contributed by atoms with Gasteiger partial charge in [0.15, 0.2) is 10.3 Å². The molecule has 2 N–H and O–H groups in total. The van der Waals surface area contributed by atoms with Gasteiger partial charge in [0.2, 0.25) is 0 Å². The van der Waals surface area contributed by atoms with Crippen LogP contribution in [-0.2, 0) is 27.2 Å². The number of nitrogens with one attached hydrogen (secondary N) is 2. The molecule has 2 amide bonds. The molecule has 160 valence electrons. The van der Waals surface area contributed by atoms with Crippen molar-refractivity contribution in [2.75, 3.05) is 23.8 Å². The Bertz CT molecular complexity index is 1150. The van der Waals surface area contributed by atoms with Gasteiger partial charge in [-0.3, -0.25) is 20.2 Å². The first-order chi connectivity index (χ1) is 15.1. The Kier molecular flexibility index (Phi) is 6.55. The van der Waals surface area contributed by atoms with Crippen molar-refractivity contribution < 1.29 is 14.3 Å². The number of carbonyl (C=O) groups excluding carboxylic acids is 2. The summed E-state index contributed by atoms with van der Waals surface area (Å²) >= 11 is 2.83. The van der Waals surface area contributed by atoms with Crippen molar-refractivity contribution in [1.29, 1.82) is 0 Å². The second kappa shape index (κ2) is 9.51. The zero-order chi connectivity index (χ0) is 21.8. The summed E-state index contributed by atoms with van der Waals surface area (Å²) < 4.78 is 7.32. The molecule has 0 fully saturated rings. The number of aromatic nitrogens is 2. The van der Waals surface area contributed by atoms with E-state index in [9.17, 15) is 9.59 Å². The molecule has 2 heterocycles. The molecule has 4 rings (SSSR count). The van der Waals surface area contributed by atoms with Gasteiger partial charge in [0.25, 0.3) is 11.8 Å². The van der Waals surface area contributed by atoms with Crippen molar-refractivity contribution in [2.24, 2.45) is 0 Å². The molecule has 0 saturated carbocycles. The van der Waals surface area contributed by atoms with Crippen molar-refractivity contribution in [2.45, 2.75) is 26.7 Å². The topological polar surface area (TPSA) is 93.2 Å². The summed E-state index contributed by atoms with van der Waals surface area (Å²) in [5, 5.41) is 6.52. The number of hydrogen-bond acceptors (Lipinski definition) is 7. The Morgan fingerprint density at radius 3 is 1.68 bits per heavy atom. The van der Waals surface area contributed by atoms with E-state index < -0.39 is 0 Å². The zero-order valence-electron chi connectivity index (χ0n) is 17.2. The Morgan fingerprint density at radius 2 is 1.26 bits per heavy atom. The maximum absolute atomic E-state index is 12.2. The van der Waals surface area contributed by atoms with Crippen LogP contribution in [0, 0.1) is 0 Å². The van der Waals surface area contributed by atoms with Crippen molar-refractivity contribution in [3.05, 3.63) is 47.5 Å². The van der Waals surface area contributed by atoms with Gasteiger partial charge in [0.05, 0.1) is 20.4 Å². The Morgan fingerprint density at radius 1 is 0.806 bits per heavy atom. The number of benzene rings is 2. The molecule has 9 heteroatoms. The van der Waals surface area contributed by atoms with Crippen LogP contribution in [0.5, 0.6) is 0 Å². The normalized spacial score (nSPS) is 11.2. The van der Waals surface area contributed by atoms with E-state index in [1.165, 1.54) is 22.7 Å². The van der Waals surface area contributed by atoms with E-state index in [1.54, 1.807) is 0 Å². The molecule has 0 unspecified atom stereocenters. The average Bonchev–Trinajstić information content (AvgIpc) is 3.35. The Hall–Kier alpha value is -2.88. The summed E-state index contributed by atoms with van der Waals surface area (Å²) in [6.45, 7) is 3.68. The van der Waals surface area contributed by atoms with Crippen LogP contribution in [0.2, 0.25) is 0 Å². The molecule has 0 radical (unpaired) electrons. The van der Waals surface area contributed by atoms with Gasteiger partial charge in [-0.2, -0.15) is 0 Å². The number of anilines is 2. The number of ether oxygens (including phenoxy) is 1. The minimum Gasteiger partial charge on any atom is -0.362 e. The maximum atomic E-state index is 12.2. The van der Waals surface area contributed by atoms with Gasteiger partial charge in [-0.05, 0) is 36.1 Å². The van der Waals surface area contributed by atoms with E-state index in [-0.39, 0.29) is 25.0 Å². The number of thiazole rings is 2. The number of amides is 2. The first kappa shape index (κ1) is 21.4. The summed E-state index contributed by atoms with van der Waals surface area (Å²) in [5.74, 6) is -0.699. The number of hydrogen-bond donors (Lipinski definition) is 2. The lowest BCUT2D eigenvalue weighted by Gasteiger charge is -2.04. The van der Waals surface area contributed by atoms with E-state index in [2.05, 4.69) is 34.4 Å². The molecule has 0 atom stereocenters. The highest BCUT2D eigenvalue weighted by Gasteiger charge is 2.13. The lowest BCUT2D eigenvalue weighted by atomic mass is 10.1. The number of fused-ring (bicyclic) bond motifs is 2. The largest absolute Gasteiger partial charge is 0.362 e. The maximum Gasteiger partial charge on any atom is 0.252 e. The predicted octanol–water partition coefficient (Wildman–Crippen LogP) is 4.62. The zero-order valence-corrected chi connectivity index (χ0v) is 18.9. The van der Waals surface area contributed by atoms with E-state index in [0.717, 1.165) is 44.4 Å². The van der Waals surface area contributed by atoms with E-state index >= 15 is 0 Å². The molecule has 2 aromatic heterocycles. The summed E-state index contributed by atoms with van der Waals surface area (Å²) in [4.78, 5) is 33.3. The van der Waals surface area contributed by atoms with Gasteiger partial charge < -0.3 is 4.74 Å². The van der Waals surface area contributed by atoms with Crippen molar-refractivity contribution in [3.63, 3.8) is 0 Å². The molecule has 31 heavy (non-hydrogen) atoms. The van der Waals surface area contributed by atoms with Gasteiger partial charge in [0.1, 0.15) is 13.2 Å². The lowest BCUT2D eigenvalue weighted by molar-refractivity contribution is -0.125. The average molecular weight is 455 g/mol. The number of aryl methyl sites for hydroxylation is 2. The highest BCUT2D eigenvalue weighted by atomic mass is 32.1. The van der Waals surface area contributed by atoms with Crippen LogP contribution in [0.3, 0.4) is 0 Å². The SMILES string of the molecule is CCc1cccc2sc(NC(=O)COCC(=O)Nc3nc4c(CC)cccc4s3)nc12. The van der Waals surface area contributed by atoms with Crippen LogP contribution in [0.25, 0.3) is 20.4 Å². The van der Waals surface area contributed by atoms with Gasteiger partial charge in [0, 0.05) is 0 Å². The van der Waals surface area contributed by atoms with E-state index in [4.69, 9.17) is 4.74 Å². The third-order valence-corrected chi connectivity index (χ3v) is 6.60. The minimum absolute atomic E-state index is 0.232. The summed E-state index contributed by atoms with van der Waals surface area (Å²) in [5.41, 5.74) is 4.10. The molecule has 0 spiro atoms. The molecule has 0 aliphatic heterocycles. The first-order valence-electron chi connectivity index (χ1n) is 10.0. The summed E-state index contributed by atoms with van der Waals surface area (Å²) in [6.07, 6.45) is 1.75. The Balaban J connectivity index is 1.28.